The van der Waals surface area contributed by atoms with Crippen LogP contribution in [0.5, 0.6) is 0 Å². The lowest BCUT2D eigenvalue weighted by Gasteiger charge is -2.28. The van der Waals surface area contributed by atoms with E-state index < -0.39 is 5.54 Å². The fourth-order valence-electron chi connectivity index (χ4n) is 2.18. The van der Waals surface area contributed by atoms with E-state index in [0.29, 0.717) is 0 Å². The molecule has 5 heteroatoms. The van der Waals surface area contributed by atoms with E-state index in [0.717, 1.165) is 22.2 Å². The molecule has 1 heterocycles. The molecule has 20 heavy (non-hydrogen) atoms. The summed E-state index contributed by atoms with van der Waals surface area (Å²) < 4.78 is 0. The number of benzene rings is 1. The number of nitrogens with zero attached hydrogens (tertiary/aromatic N) is 3. The molecule has 0 amide bonds. The van der Waals surface area contributed by atoms with E-state index in [9.17, 15) is 0 Å². The molecule has 0 spiro atoms. The van der Waals surface area contributed by atoms with Crippen LogP contribution in [-0.2, 0) is 0 Å². The lowest BCUT2D eigenvalue weighted by Crippen LogP contribution is -2.42. The quantitative estimate of drug-likeness (QED) is 0.819. The Morgan fingerprint density at radius 1 is 1.40 bits per heavy atom. The van der Waals surface area contributed by atoms with Crippen LogP contribution in [0, 0.1) is 0 Å². The van der Waals surface area contributed by atoms with Crippen molar-refractivity contribution in [3.63, 3.8) is 0 Å². The molecule has 0 saturated heterocycles. The Kier molecular flexibility index (Phi) is 2.99. The summed E-state index contributed by atoms with van der Waals surface area (Å²) in [5.74, 6) is 0. The second-order valence-electron chi connectivity index (χ2n) is 5.34. The second kappa shape index (κ2) is 4.68. The van der Waals surface area contributed by atoms with Crippen molar-refractivity contribution in [3.8, 4) is 0 Å². The molecule has 0 saturated carbocycles. The van der Waals surface area contributed by atoms with Gasteiger partial charge < -0.3 is 5.73 Å². The Morgan fingerprint density at radius 2 is 2.25 bits per heavy atom. The largest absolute Gasteiger partial charge is 0.322 e. The molecular formula is C15H17N5. The summed E-state index contributed by atoms with van der Waals surface area (Å²) in [4.78, 5) is 0. The lowest BCUT2D eigenvalue weighted by molar-refractivity contribution is 0.493. The van der Waals surface area contributed by atoms with Gasteiger partial charge in [0, 0.05) is 5.39 Å². The molecule has 2 atom stereocenters. The molecule has 1 aromatic heterocycles. The monoisotopic (exact) mass is 267 g/mol. The van der Waals surface area contributed by atoms with E-state index in [1.54, 1.807) is 6.20 Å². The van der Waals surface area contributed by atoms with Crippen LogP contribution in [0.25, 0.3) is 10.9 Å². The first kappa shape index (κ1) is 12.7. The Balaban J connectivity index is 1.88. The van der Waals surface area contributed by atoms with Crippen molar-refractivity contribution in [2.24, 2.45) is 16.0 Å². The molecule has 3 N–H and O–H groups in total. The number of nitrogens with one attached hydrogen (secondary N) is 1. The normalized spacial score (nSPS) is 26.4. The van der Waals surface area contributed by atoms with Gasteiger partial charge in [-0.3, -0.25) is 5.10 Å². The van der Waals surface area contributed by atoms with Crippen LogP contribution >= 0.6 is 0 Å². The zero-order chi connectivity index (χ0) is 14.2. The van der Waals surface area contributed by atoms with E-state index in [4.69, 9.17) is 5.73 Å². The summed E-state index contributed by atoms with van der Waals surface area (Å²) in [5, 5.41) is 16.7. The number of nitrogens with two attached hydrogens (primary N) is 1. The molecule has 0 radical (unpaired) electrons. The molecule has 1 aliphatic rings. The van der Waals surface area contributed by atoms with Crippen molar-refractivity contribution < 1.29 is 0 Å². The maximum atomic E-state index is 6.15. The first-order chi connectivity index (χ1) is 9.57. The number of allylic oxidation sites excluding steroid dienone is 2. The van der Waals surface area contributed by atoms with Gasteiger partial charge >= 0.3 is 0 Å². The van der Waals surface area contributed by atoms with E-state index >= 15 is 0 Å². The maximum Gasteiger partial charge on any atom is 0.116 e. The fraction of sp³-hybridized carbons (Fsp3) is 0.267. The standard InChI is InChI=1S/C15H17N5/c1-10-5-6-15(2,14(16)7-10)20-18-12-3-4-13-11(8-12)9-17-19-13/h3-9,14H,16H2,1-2H3,(H,17,19). The van der Waals surface area contributed by atoms with Gasteiger partial charge in [0.15, 0.2) is 0 Å². The maximum absolute atomic E-state index is 6.15. The molecule has 2 unspecified atom stereocenters. The highest BCUT2D eigenvalue weighted by atomic mass is 15.2. The van der Waals surface area contributed by atoms with Crippen LogP contribution in [0.1, 0.15) is 13.8 Å². The van der Waals surface area contributed by atoms with E-state index in [2.05, 4.69) is 20.4 Å². The van der Waals surface area contributed by atoms with Crippen LogP contribution in [-0.4, -0.2) is 21.8 Å². The Hall–Kier alpha value is -2.27. The number of aromatic nitrogens is 2. The van der Waals surface area contributed by atoms with Crippen molar-refractivity contribution in [3.05, 3.63) is 48.2 Å². The van der Waals surface area contributed by atoms with Crippen molar-refractivity contribution in [2.75, 3.05) is 0 Å². The fourth-order valence-corrected chi connectivity index (χ4v) is 2.18. The van der Waals surface area contributed by atoms with E-state index in [1.165, 1.54) is 0 Å². The summed E-state index contributed by atoms with van der Waals surface area (Å²) in [6.45, 7) is 4.01. The molecule has 1 aliphatic carbocycles. The van der Waals surface area contributed by atoms with Gasteiger partial charge in [0.25, 0.3) is 0 Å². The molecule has 1 aromatic carbocycles. The third kappa shape index (κ3) is 2.28. The number of aromatic amines is 1. The smallest absolute Gasteiger partial charge is 0.116 e. The number of H-pyrrole nitrogens is 1. The molecule has 102 valence electrons. The first-order valence-corrected chi connectivity index (χ1v) is 6.56. The van der Waals surface area contributed by atoms with Crippen LogP contribution in [0.4, 0.5) is 5.69 Å². The highest BCUT2D eigenvalue weighted by Gasteiger charge is 2.29. The summed E-state index contributed by atoms with van der Waals surface area (Å²) in [6.07, 6.45) is 7.82. The number of rotatable bonds is 2. The van der Waals surface area contributed by atoms with Crippen molar-refractivity contribution in [1.29, 1.82) is 0 Å². The third-order valence-corrected chi connectivity index (χ3v) is 3.61. The predicted molar refractivity (Wildman–Crippen MR) is 79.9 cm³/mol. The van der Waals surface area contributed by atoms with E-state index in [1.807, 2.05) is 50.3 Å². The van der Waals surface area contributed by atoms with Gasteiger partial charge in [-0.15, -0.1) is 0 Å². The number of fused-ring (bicyclic) bond motifs is 1. The van der Waals surface area contributed by atoms with Crippen LogP contribution in [0.2, 0.25) is 0 Å². The first-order valence-electron chi connectivity index (χ1n) is 6.56. The Morgan fingerprint density at radius 3 is 3.05 bits per heavy atom. The minimum atomic E-state index is -0.495. The highest BCUT2D eigenvalue weighted by molar-refractivity contribution is 5.80. The Bertz CT molecular complexity index is 725. The topological polar surface area (TPSA) is 79.4 Å². The molecule has 3 rings (SSSR count). The average Bonchev–Trinajstić information content (AvgIpc) is 2.89. The number of hydrogen-bond acceptors (Lipinski definition) is 4. The van der Waals surface area contributed by atoms with Gasteiger partial charge in [-0.25, -0.2) is 0 Å². The SMILES string of the molecule is CC1=CC(N)C(C)(N=Nc2ccc3[nH]ncc3c2)C=C1. The van der Waals surface area contributed by atoms with E-state index in [-0.39, 0.29) is 6.04 Å². The van der Waals surface area contributed by atoms with Gasteiger partial charge in [-0.2, -0.15) is 15.3 Å². The van der Waals surface area contributed by atoms with Gasteiger partial charge in [0.05, 0.1) is 23.4 Å². The Labute approximate surface area is 117 Å². The van der Waals surface area contributed by atoms with Gasteiger partial charge in [-0.05, 0) is 32.0 Å². The van der Waals surface area contributed by atoms with Gasteiger partial charge in [-0.1, -0.05) is 23.8 Å². The average molecular weight is 267 g/mol. The molecule has 0 fully saturated rings. The van der Waals surface area contributed by atoms with Crippen LogP contribution in [0.15, 0.2) is 58.4 Å². The second-order valence-corrected chi connectivity index (χ2v) is 5.34. The third-order valence-electron chi connectivity index (χ3n) is 3.61. The molecule has 5 nitrogen and oxygen atoms in total. The predicted octanol–water partition coefficient (Wildman–Crippen LogP) is 3.25. The number of hydrogen-bond donors (Lipinski definition) is 2. The summed E-state index contributed by atoms with van der Waals surface area (Å²) in [7, 11) is 0. The summed E-state index contributed by atoms with van der Waals surface area (Å²) in [5.41, 5.74) is 8.59. The highest BCUT2D eigenvalue weighted by Crippen LogP contribution is 2.27. The number of azo groups is 1. The molecular weight excluding hydrogens is 250 g/mol. The van der Waals surface area contributed by atoms with Crippen molar-refractivity contribution >= 4 is 16.6 Å². The minimum Gasteiger partial charge on any atom is -0.322 e. The minimum absolute atomic E-state index is 0.158. The molecule has 0 bridgehead atoms. The molecule has 0 aliphatic heterocycles. The zero-order valence-electron chi connectivity index (χ0n) is 11.5. The lowest BCUT2D eigenvalue weighted by atomic mass is 9.87. The van der Waals surface area contributed by atoms with Crippen LogP contribution in [0.3, 0.4) is 0 Å². The molecule has 2 aromatic rings. The summed E-state index contributed by atoms with van der Waals surface area (Å²) in [6, 6.07) is 5.64. The van der Waals surface area contributed by atoms with Gasteiger partial charge in [0.2, 0.25) is 0 Å². The van der Waals surface area contributed by atoms with Gasteiger partial charge in [0.1, 0.15) is 5.54 Å². The zero-order valence-corrected chi connectivity index (χ0v) is 11.5. The summed E-state index contributed by atoms with van der Waals surface area (Å²) >= 11 is 0. The van der Waals surface area contributed by atoms with Crippen LogP contribution < -0.4 is 5.73 Å². The van der Waals surface area contributed by atoms with Crippen molar-refractivity contribution in [1.82, 2.24) is 10.2 Å². The van der Waals surface area contributed by atoms with Crippen molar-refractivity contribution in [2.45, 2.75) is 25.4 Å².